The molecule has 0 heterocycles. The van der Waals surface area contributed by atoms with Crippen molar-refractivity contribution in [3.05, 3.63) is 90.2 Å². The molecule has 2 atom stereocenters. The molecule has 0 saturated carbocycles. The third-order valence-electron chi connectivity index (χ3n) is 6.19. The Morgan fingerprint density at radius 2 is 1.69 bits per heavy atom. The van der Waals surface area contributed by atoms with Crippen LogP contribution in [0.3, 0.4) is 0 Å². The molecule has 0 fully saturated rings. The van der Waals surface area contributed by atoms with Crippen LogP contribution < -0.4 is 33.4 Å². The summed E-state index contributed by atoms with van der Waals surface area (Å²) >= 11 is 0. The van der Waals surface area contributed by atoms with E-state index in [4.69, 9.17) is 22.5 Å². The van der Waals surface area contributed by atoms with Crippen LogP contribution in [0.4, 0.5) is 11.4 Å². The average Bonchev–Trinajstić information content (AvgIpc) is 3.39. The minimum absolute atomic E-state index is 0. The van der Waals surface area contributed by atoms with E-state index in [1.807, 2.05) is 24.3 Å². The fourth-order valence-electron chi connectivity index (χ4n) is 4.36. The van der Waals surface area contributed by atoms with E-state index >= 15 is 0 Å². The van der Waals surface area contributed by atoms with Gasteiger partial charge < -0.3 is 22.5 Å². The molecule has 0 saturated heterocycles. The topological polar surface area (TPSA) is 148 Å². The van der Waals surface area contributed by atoms with Crippen LogP contribution in [-0.4, -0.2) is 0 Å². The molecule has 2 aliphatic rings. The number of nitriles is 1. The molecular weight excluding hydrogens is 426 g/mol. The van der Waals surface area contributed by atoms with Crippen LogP contribution >= 0.6 is 12.4 Å². The highest BCUT2D eigenvalue weighted by atomic mass is 35.5. The van der Waals surface area contributed by atoms with Gasteiger partial charge in [0.05, 0.1) is 17.7 Å². The van der Waals surface area contributed by atoms with Crippen molar-refractivity contribution in [3.8, 4) is 6.07 Å². The molecule has 3 aromatic rings. The van der Waals surface area contributed by atoms with Crippen LogP contribution in [-0.2, 0) is 19.4 Å². The second-order valence-corrected chi connectivity index (χ2v) is 8.09. The van der Waals surface area contributed by atoms with Crippen molar-refractivity contribution in [2.75, 3.05) is 11.1 Å². The SMILES string of the molecule is Cl.N#Cc1ccc2c(c1)C(N)CC2.NCc1ccc2c(c1)C(Nc1c(N)c(=O)c1=O)CC2. The van der Waals surface area contributed by atoms with Crippen LogP contribution in [0.25, 0.3) is 0 Å². The Labute approximate surface area is 192 Å². The first-order valence-corrected chi connectivity index (χ1v) is 10.4. The normalized spacial score (nSPS) is 18.0. The van der Waals surface area contributed by atoms with Crippen molar-refractivity contribution >= 4 is 23.8 Å². The van der Waals surface area contributed by atoms with Gasteiger partial charge in [0, 0.05) is 12.6 Å². The lowest BCUT2D eigenvalue weighted by Crippen LogP contribution is -2.37. The van der Waals surface area contributed by atoms with Crippen molar-refractivity contribution in [2.45, 2.75) is 44.3 Å². The number of nitrogens with zero attached hydrogens (tertiary/aromatic N) is 1. The smallest absolute Gasteiger partial charge is 0.253 e. The number of hydrogen-bond acceptors (Lipinski definition) is 7. The highest BCUT2D eigenvalue weighted by Crippen LogP contribution is 2.34. The van der Waals surface area contributed by atoms with E-state index in [0.29, 0.717) is 12.1 Å². The largest absolute Gasteiger partial charge is 0.394 e. The molecule has 7 N–H and O–H groups in total. The average molecular weight is 452 g/mol. The van der Waals surface area contributed by atoms with Crippen LogP contribution in [0.1, 0.15) is 58.3 Å². The summed E-state index contributed by atoms with van der Waals surface area (Å²) < 4.78 is 0. The van der Waals surface area contributed by atoms with E-state index in [1.165, 1.54) is 11.1 Å². The van der Waals surface area contributed by atoms with E-state index in [0.717, 1.165) is 42.4 Å². The number of nitrogens with two attached hydrogens (primary N) is 3. The second kappa shape index (κ2) is 9.53. The highest BCUT2D eigenvalue weighted by molar-refractivity contribution is 5.85. The molecule has 2 aliphatic carbocycles. The van der Waals surface area contributed by atoms with Crippen molar-refractivity contribution in [2.24, 2.45) is 11.5 Å². The summed E-state index contributed by atoms with van der Waals surface area (Å²) in [6, 6.07) is 14.2. The van der Waals surface area contributed by atoms with Crippen LogP contribution in [0.15, 0.2) is 46.0 Å². The van der Waals surface area contributed by atoms with Crippen molar-refractivity contribution in [1.29, 1.82) is 5.26 Å². The molecule has 0 aliphatic heterocycles. The summed E-state index contributed by atoms with van der Waals surface area (Å²) in [7, 11) is 0. The molecule has 0 bridgehead atoms. The second-order valence-electron chi connectivity index (χ2n) is 8.09. The monoisotopic (exact) mass is 451 g/mol. The van der Waals surface area contributed by atoms with Crippen LogP contribution in [0.5, 0.6) is 0 Å². The minimum atomic E-state index is -0.587. The van der Waals surface area contributed by atoms with Gasteiger partial charge in [0.15, 0.2) is 0 Å². The van der Waals surface area contributed by atoms with Gasteiger partial charge in [0.2, 0.25) is 0 Å². The van der Waals surface area contributed by atoms with Gasteiger partial charge in [-0.25, -0.2) is 0 Å². The lowest BCUT2D eigenvalue weighted by Gasteiger charge is -2.18. The molecule has 0 aromatic heterocycles. The number of hydrogen-bond donors (Lipinski definition) is 4. The summed E-state index contributed by atoms with van der Waals surface area (Å²) in [4.78, 5) is 22.5. The zero-order valence-electron chi connectivity index (χ0n) is 17.6. The van der Waals surface area contributed by atoms with Gasteiger partial charge in [0.25, 0.3) is 10.9 Å². The number of aryl methyl sites for hydroxylation is 2. The minimum Gasteiger partial charge on any atom is -0.394 e. The molecule has 0 spiro atoms. The fraction of sp³-hybridized carbons (Fsp3) is 0.292. The van der Waals surface area contributed by atoms with Crippen molar-refractivity contribution in [3.63, 3.8) is 0 Å². The van der Waals surface area contributed by atoms with Gasteiger partial charge >= 0.3 is 0 Å². The number of fused-ring (bicyclic) bond motifs is 2. The molecule has 5 rings (SSSR count). The Kier molecular flexibility index (Phi) is 6.99. The Morgan fingerprint density at radius 3 is 2.38 bits per heavy atom. The number of halogens is 1. The van der Waals surface area contributed by atoms with E-state index in [1.54, 1.807) is 0 Å². The Bertz CT molecular complexity index is 1260. The molecule has 8 heteroatoms. The Morgan fingerprint density at radius 1 is 1.00 bits per heavy atom. The lowest BCUT2D eigenvalue weighted by atomic mass is 10.0. The maximum absolute atomic E-state index is 11.4. The number of nitrogen functional groups attached to an aromatic ring is 1. The van der Waals surface area contributed by atoms with Gasteiger partial charge in [0.1, 0.15) is 11.4 Å². The number of nitrogens with one attached hydrogen (secondary N) is 1. The Hall–Kier alpha value is -3.18. The number of anilines is 2. The fourth-order valence-corrected chi connectivity index (χ4v) is 4.36. The maximum atomic E-state index is 11.4. The van der Waals surface area contributed by atoms with E-state index in [2.05, 4.69) is 23.5 Å². The van der Waals surface area contributed by atoms with Crippen molar-refractivity contribution in [1.82, 2.24) is 0 Å². The molecule has 2 unspecified atom stereocenters. The van der Waals surface area contributed by atoms with Gasteiger partial charge in [-0.05, 0) is 65.6 Å². The third-order valence-corrected chi connectivity index (χ3v) is 6.19. The number of benzene rings is 2. The zero-order chi connectivity index (χ0) is 22.1. The Balaban J connectivity index is 0.000000193. The summed E-state index contributed by atoms with van der Waals surface area (Å²) in [5.41, 5.74) is 22.9. The molecule has 32 heavy (non-hydrogen) atoms. The van der Waals surface area contributed by atoms with Gasteiger partial charge in [-0.1, -0.05) is 24.3 Å². The standard InChI is InChI=1S/C14H15N3O2.C10H10N2.ClH/c15-6-7-1-2-8-3-4-10(9(8)5-7)17-12-11(16)13(18)14(12)19;11-6-7-1-2-8-3-4-10(12)9(8)5-7;/h1-2,5,10,17H,3-4,6,15-16H2;1-2,5,10H,3-4,12H2;1H. The summed E-state index contributed by atoms with van der Waals surface area (Å²) in [6.45, 7) is 0.488. The van der Waals surface area contributed by atoms with Gasteiger partial charge in [-0.2, -0.15) is 5.26 Å². The van der Waals surface area contributed by atoms with Crippen molar-refractivity contribution < 1.29 is 0 Å². The molecule has 0 radical (unpaired) electrons. The number of rotatable bonds is 3. The first-order valence-electron chi connectivity index (χ1n) is 10.4. The van der Waals surface area contributed by atoms with E-state index in [-0.39, 0.29) is 35.9 Å². The van der Waals surface area contributed by atoms with E-state index < -0.39 is 10.9 Å². The molecule has 0 amide bonds. The molecule has 3 aromatic carbocycles. The quantitative estimate of drug-likeness (QED) is 0.446. The summed E-state index contributed by atoms with van der Waals surface area (Å²) in [5, 5.41) is 11.8. The predicted molar refractivity (Wildman–Crippen MR) is 128 cm³/mol. The molecular formula is C24H26ClN5O2. The lowest BCUT2D eigenvalue weighted by molar-refractivity contribution is 0.713. The van der Waals surface area contributed by atoms with E-state index in [9.17, 15) is 9.59 Å². The molecule has 166 valence electrons. The maximum Gasteiger partial charge on any atom is 0.253 e. The predicted octanol–water partition coefficient (Wildman–Crippen LogP) is 2.35. The summed E-state index contributed by atoms with van der Waals surface area (Å²) in [6.07, 6.45) is 3.92. The first-order chi connectivity index (χ1) is 14.9. The van der Waals surface area contributed by atoms with Crippen LogP contribution in [0.2, 0.25) is 0 Å². The third kappa shape index (κ3) is 4.26. The highest BCUT2D eigenvalue weighted by Gasteiger charge is 2.27. The van der Waals surface area contributed by atoms with Crippen LogP contribution in [0, 0.1) is 11.3 Å². The molecule has 7 nitrogen and oxygen atoms in total. The zero-order valence-corrected chi connectivity index (χ0v) is 18.4. The van der Waals surface area contributed by atoms with Gasteiger partial charge in [-0.15, -0.1) is 12.4 Å². The first kappa shape index (κ1) is 23.5. The van der Waals surface area contributed by atoms with Gasteiger partial charge in [-0.3, -0.25) is 9.59 Å². The summed E-state index contributed by atoms with van der Waals surface area (Å²) in [5.74, 6) is 0.